The number of carbonyl (C=O) groups excluding carboxylic acids is 2. The highest BCUT2D eigenvalue weighted by Gasteiger charge is 2.30. The molecule has 1 aliphatic rings. The number of nitrogens with zero attached hydrogens (tertiary/aromatic N) is 2. The largest absolute Gasteiger partial charge is 0.377 e. The van der Waals surface area contributed by atoms with E-state index in [1.165, 1.54) is 0 Å². The van der Waals surface area contributed by atoms with Crippen LogP contribution in [-0.4, -0.2) is 35.9 Å². The Bertz CT molecular complexity index is 1030. The molecule has 1 fully saturated rings. The van der Waals surface area contributed by atoms with Crippen LogP contribution < -0.4 is 4.90 Å². The number of aromatic nitrogens is 1. The first-order valence-electron chi connectivity index (χ1n) is 10.7. The van der Waals surface area contributed by atoms with E-state index in [9.17, 15) is 9.59 Å². The number of Topliss-reactive ketones (excluding diaryl/α,β-unsaturated/α-hetero) is 1. The topological polar surface area (TPSA) is 59.5 Å². The summed E-state index contributed by atoms with van der Waals surface area (Å²) in [7, 11) is 0. The summed E-state index contributed by atoms with van der Waals surface area (Å²) < 4.78 is 5.27. The second-order valence-electron chi connectivity index (χ2n) is 7.72. The van der Waals surface area contributed by atoms with Gasteiger partial charge in [-0.25, -0.2) is 0 Å². The lowest BCUT2D eigenvalue weighted by molar-refractivity contribution is -0.121. The molecule has 5 heteroatoms. The molecule has 1 saturated heterocycles. The number of hydrogen-bond acceptors (Lipinski definition) is 4. The third kappa shape index (κ3) is 4.89. The molecule has 3 aromatic rings. The SMILES string of the molecule is CCC(=O)N(c1ccc(-c2ccc(C(=O)CCc3cccnc3)cc2)cc1)C1COC1. The molecule has 158 valence electrons. The maximum absolute atomic E-state index is 12.5. The van der Waals surface area contributed by atoms with Gasteiger partial charge in [-0.15, -0.1) is 0 Å². The number of aryl methyl sites for hydroxylation is 1. The number of pyridine rings is 1. The maximum Gasteiger partial charge on any atom is 0.227 e. The van der Waals surface area contributed by atoms with Crippen LogP contribution >= 0.6 is 0 Å². The van der Waals surface area contributed by atoms with Gasteiger partial charge in [0.25, 0.3) is 0 Å². The zero-order chi connectivity index (χ0) is 21.6. The van der Waals surface area contributed by atoms with Crippen LogP contribution in [0.15, 0.2) is 73.1 Å². The van der Waals surface area contributed by atoms with E-state index in [4.69, 9.17) is 4.74 Å². The number of benzene rings is 2. The summed E-state index contributed by atoms with van der Waals surface area (Å²) in [4.78, 5) is 30.8. The molecule has 0 bridgehead atoms. The number of ether oxygens (including phenoxy) is 1. The molecule has 0 radical (unpaired) electrons. The highest BCUT2D eigenvalue weighted by molar-refractivity contribution is 5.97. The van der Waals surface area contributed by atoms with Gasteiger partial charge in [-0.1, -0.05) is 49.4 Å². The van der Waals surface area contributed by atoms with Gasteiger partial charge in [0.05, 0.1) is 19.3 Å². The van der Waals surface area contributed by atoms with Crippen LogP contribution in [0.5, 0.6) is 0 Å². The zero-order valence-electron chi connectivity index (χ0n) is 17.7. The van der Waals surface area contributed by atoms with E-state index in [2.05, 4.69) is 4.98 Å². The van der Waals surface area contributed by atoms with Gasteiger partial charge < -0.3 is 9.64 Å². The predicted molar refractivity (Wildman–Crippen MR) is 121 cm³/mol. The van der Waals surface area contributed by atoms with Crippen molar-refractivity contribution >= 4 is 17.4 Å². The molecule has 0 N–H and O–H groups in total. The van der Waals surface area contributed by atoms with Gasteiger partial charge in [0.1, 0.15) is 0 Å². The number of ketones is 1. The third-order valence-corrected chi connectivity index (χ3v) is 5.61. The lowest BCUT2D eigenvalue weighted by Crippen LogP contribution is -2.51. The number of anilines is 1. The fourth-order valence-corrected chi connectivity index (χ4v) is 3.71. The molecule has 0 aliphatic carbocycles. The third-order valence-electron chi connectivity index (χ3n) is 5.61. The van der Waals surface area contributed by atoms with Crippen LogP contribution in [0.2, 0.25) is 0 Å². The molecule has 1 aromatic heterocycles. The van der Waals surface area contributed by atoms with Crippen molar-refractivity contribution < 1.29 is 14.3 Å². The van der Waals surface area contributed by atoms with E-state index in [1.807, 2.05) is 72.5 Å². The second-order valence-corrected chi connectivity index (χ2v) is 7.72. The van der Waals surface area contributed by atoms with Crippen molar-refractivity contribution in [1.29, 1.82) is 0 Å². The zero-order valence-corrected chi connectivity index (χ0v) is 17.7. The van der Waals surface area contributed by atoms with Crippen molar-refractivity contribution in [2.75, 3.05) is 18.1 Å². The molecule has 1 amide bonds. The van der Waals surface area contributed by atoms with Gasteiger partial charge in [0.2, 0.25) is 5.91 Å². The van der Waals surface area contributed by atoms with Gasteiger partial charge in [-0.05, 0) is 41.3 Å². The van der Waals surface area contributed by atoms with E-state index in [0.29, 0.717) is 38.0 Å². The number of hydrogen-bond donors (Lipinski definition) is 0. The van der Waals surface area contributed by atoms with Crippen LogP contribution in [-0.2, 0) is 16.0 Å². The molecule has 2 aromatic carbocycles. The quantitative estimate of drug-likeness (QED) is 0.501. The first-order valence-corrected chi connectivity index (χ1v) is 10.7. The lowest BCUT2D eigenvalue weighted by Gasteiger charge is -2.37. The first-order chi connectivity index (χ1) is 15.2. The van der Waals surface area contributed by atoms with Crippen LogP contribution in [0, 0.1) is 0 Å². The molecule has 5 nitrogen and oxygen atoms in total. The van der Waals surface area contributed by atoms with E-state index in [-0.39, 0.29) is 17.7 Å². The summed E-state index contributed by atoms with van der Waals surface area (Å²) in [6.07, 6.45) is 5.15. The van der Waals surface area contributed by atoms with E-state index < -0.39 is 0 Å². The summed E-state index contributed by atoms with van der Waals surface area (Å²) >= 11 is 0. The monoisotopic (exact) mass is 414 g/mol. The molecule has 0 unspecified atom stereocenters. The van der Waals surface area contributed by atoms with Gasteiger partial charge in [0.15, 0.2) is 5.78 Å². The van der Waals surface area contributed by atoms with Gasteiger partial charge in [0, 0.05) is 36.5 Å². The molecular weight excluding hydrogens is 388 g/mol. The van der Waals surface area contributed by atoms with Gasteiger partial charge in [-0.3, -0.25) is 14.6 Å². The van der Waals surface area contributed by atoms with Crippen LogP contribution in [0.3, 0.4) is 0 Å². The van der Waals surface area contributed by atoms with E-state index in [0.717, 1.165) is 22.4 Å². The minimum Gasteiger partial charge on any atom is -0.377 e. The normalized spacial score (nSPS) is 13.5. The maximum atomic E-state index is 12.5. The highest BCUT2D eigenvalue weighted by atomic mass is 16.5. The fourth-order valence-electron chi connectivity index (χ4n) is 3.71. The smallest absolute Gasteiger partial charge is 0.227 e. The van der Waals surface area contributed by atoms with Crippen molar-refractivity contribution in [3.05, 3.63) is 84.2 Å². The Kier molecular flexibility index (Phi) is 6.53. The lowest BCUT2D eigenvalue weighted by atomic mass is 9.99. The standard InChI is InChI=1S/C26H26N2O3/c1-2-26(30)28(24-17-31-18-24)23-12-10-21(11-13-23)20-6-8-22(9-7-20)25(29)14-5-19-4-3-15-27-16-19/h3-4,6-13,15-16,24H,2,5,14,17-18H2,1H3. The minimum atomic E-state index is 0.107. The van der Waals surface area contributed by atoms with Crippen molar-refractivity contribution in [3.63, 3.8) is 0 Å². The molecule has 2 heterocycles. The highest BCUT2D eigenvalue weighted by Crippen LogP contribution is 2.27. The van der Waals surface area contributed by atoms with Crippen LogP contribution in [0.25, 0.3) is 11.1 Å². The Morgan fingerprint density at radius 3 is 2.23 bits per heavy atom. The van der Waals surface area contributed by atoms with Crippen molar-refractivity contribution in [2.24, 2.45) is 0 Å². The summed E-state index contributed by atoms with van der Waals surface area (Å²) in [5.74, 6) is 0.234. The Labute approximate surface area is 182 Å². The van der Waals surface area contributed by atoms with Crippen molar-refractivity contribution in [1.82, 2.24) is 4.98 Å². The van der Waals surface area contributed by atoms with Gasteiger partial charge in [-0.2, -0.15) is 0 Å². The second kappa shape index (κ2) is 9.67. The number of carbonyl (C=O) groups is 2. The Balaban J connectivity index is 1.42. The predicted octanol–water partition coefficient (Wildman–Crippen LogP) is 4.71. The molecule has 1 aliphatic heterocycles. The summed E-state index contributed by atoms with van der Waals surface area (Å²) in [6.45, 7) is 3.05. The molecular formula is C26H26N2O3. The van der Waals surface area contributed by atoms with E-state index in [1.54, 1.807) is 12.4 Å². The summed E-state index contributed by atoms with van der Waals surface area (Å²) in [5.41, 5.74) is 4.76. The fraction of sp³-hybridized carbons (Fsp3) is 0.269. The molecule has 0 spiro atoms. The number of amides is 1. The molecule has 0 atom stereocenters. The molecule has 0 saturated carbocycles. The Morgan fingerprint density at radius 2 is 1.68 bits per heavy atom. The summed E-state index contributed by atoms with van der Waals surface area (Å²) in [6, 6.07) is 19.7. The first kappa shape index (κ1) is 20.9. The minimum absolute atomic E-state index is 0.107. The van der Waals surface area contributed by atoms with Gasteiger partial charge >= 0.3 is 0 Å². The van der Waals surface area contributed by atoms with Crippen molar-refractivity contribution in [2.45, 2.75) is 32.2 Å². The number of rotatable bonds is 8. The van der Waals surface area contributed by atoms with Crippen LogP contribution in [0.4, 0.5) is 5.69 Å². The Hall–Kier alpha value is -3.31. The average molecular weight is 415 g/mol. The van der Waals surface area contributed by atoms with Crippen LogP contribution in [0.1, 0.15) is 35.7 Å². The van der Waals surface area contributed by atoms with E-state index >= 15 is 0 Å². The Morgan fingerprint density at radius 1 is 1.00 bits per heavy atom. The summed E-state index contributed by atoms with van der Waals surface area (Å²) in [5, 5.41) is 0. The van der Waals surface area contributed by atoms with Crippen molar-refractivity contribution in [3.8, 4) is 11.1 Å². The molecule has 4 rings (SSSR count). The molecule has 31 heavy (non-hydrogen) atoms. The average Bonchev–Trinajstić information content (AvgIpc) is 2.80.